The van der Waals surface area contributed by atoms with Crippen molar-refractivity contribution >= 4 is 16.7 Å². The smallest absolute Gasteiger partial charge is 0.161 e. The van der Waals surface area contributed by atoms with Gasteiger partial charge in [0.2, 0.25) is 0 Å². The van der Waals surface area contributed by atoms with Gasteiger partial charge in [-0.05, 0) is 24.3 Å². The first kappa shape index (κ1) is 13.3. The summed E-state index contributed by atoms with van der Waals surface area (Å²) in [6, 6.07) is 15.5. The third-order valence-electron chi connectivity index (χ3n) is 3.32. The van der Waals surface area contributed by atoms with Crippen molar-refractivity contribution in [2.45, 2.75) is 6.54 Å². The number of methoxy groups -OCH3 is 1. The number of nitrogen functional groups attached to an aromatic ring is 1. The number of nitrogens with zero attached hydrogens (tertiary/aromatic N) is 2. The average molecular weight is 283 g/mol. The van der Waals surface area contributed by atoms with E-state index in [1.165, 1.54) is 0 Å². The lowest BCUT2D eigenvalue weighted by molar-refractivity contribution is 0.276. The first-order valence-corrected chi connectivity index (χ1v) is 6.76. The zero-order chi connectivity index (χ0) is 14.7. The number of fused-ring (bicyclic) bond motifs is 1. The average Bonchev–Trinajstić information content (AvgIpc) is 2.85. The summed E-state index contributed by atoms with van der Waals surface area (Å²) in [5, 5.41) is 5.31. The molecule has 1 heterocycles. The van der Waals surface area contributed by atoms with E-state index in [0.717, 1.165) is 22.4 Å². The Balaban J connectivity index is 1.72. The molecule has 0 spiro atoms. The molecule has 2 N–H and O–H groups in total. The topological polar surface area (TPSA) is 62.3 Å². The molecule has 0 aliphatic heterocycles. The number of hydrogen-bond donors (Lipinski definition) is 1. The van der Waals surface area contributed by atoms with Gasteiger partial charge in [-0.1, -0.05) is 24.3 Å². The van der Waals surface area contributed by atoms with Crippen molar-refractivity contribution in [3.05, 3.63) is 48.5 Å². The predicted molar refractivity (Wildman–Crippen MR) is 82.6 cm³/mol. The molecule has 0 fully saturated rings. The molecule has 0 bridgehead atoms. The van der Waals surface area contributed by atoms with Crippen molar-refractivity contribution < 1.29 is 9.47 Å². The fourth-order valence-corrected chi connectivity index (χ4v) is 2.30. The van der Waals surface area contributed by atoms with E-state index >= 15 is 0 Å². The summed E-state index contributed by atoms with van der Waals surface area (Å²) in [5.74, 6) is 2.00. The molecule has 0 saturated carbocycles. The molecule has 21 heavy (non-hydrogen) atoms. The maximum atomic E-state index is 5.91. The van der Waals surface area contributed by atoms with Crippen LogP contribution in [-0.4, -0.2) is 23.5 Å². The number of hydrogen-bond acceptors (Lipinski definition) is 4. The molecule has 0 aliphatic carbocycles. The predicted octanol–water partition coefficient (Wildman–Crippen LogP) is 2.71. The van der Waals surface area contributed by atoms with Crippen LogP contribution < -0.4 is 15.2 Å². The van der Waals surface area contributed by atoms with Gasteiger partial charge in [-0.3, -0.25) is 4.68 Å². The standard InChI is InChI=1S/C16H17N3O2/c1-20-14-8-4-5-9-15(14)21-11-10-19-13-7-3-2-6-12(13)16(17)18-19/h2-9H,10-11H2,1H3,(H2,17,18). The quantitative estimate of drug-likeness (QED) is 0.782. The summed E-state index contributed by atoms with van der Waals surface area (Å²) < 4.78 is 12.9. The molecule has 0 amide bonds. The third kappa shape index (κ3) is 2.63. The van der Waals surface area contributed by atoms with Crippen LogP contribution in [0.2, 0.25) is 0 Å². The van der Waals surface area contributed by atoms with Gasteiger partial charge < -0.3 is 15.2 Å². The molecule has 108 valence electrons. The first-order chi connectivity index (χ1) is 10.3. The van der Waals surface area contributed by atoms with E-state index in [9.17, 15) is 0 Å². The third-order valence-corrected chi connectivity index (χ3v) is 3.32. The van der Waals surface area contributed by atoms with Gasteiger partial charge in [-0.2, -0.15) is 5.10 Å². The molecular weight excluding hydrogens is 266 g/mol. The second-order valence-electron chi connectivity index (χ2n) is 4.62. The lowest BCUT2D eigenvalue weighted by Gasteiger charge is -2.10. The van der Waals surface area contributed by atoms with E-state index in [1.807, 2.05) is 53.2 Å². The van der Waals surface area contributed by atoms with E-state index in [0.29, 0.717) is 19.0 Å². The highest BCUT2D eigenvalue weighted by molar-refractivity contribution is 5.88. The minimum absolute atomic E-state index is 0.492. The highest BCUT2D eigenvalue weighted by atomic mass is 16.5. The largest absolute Gasteiger partial charge is 0.493 e. The zero-order valence-electron chi connectivity index (χ0n) is 11.8. The molecule has 5 nitrogen and oxygen atoms in total. The SMILES string of the molecule is COc1ccccc1OCCn1nc(N)c2ccccc21. The van der Waals surface area contributed by atoms with Crippen molar-refractivity contribution in [3.63, 3.8) is 0 Å². The van der Waals surface area contributed by atoms with Crippen LogP contribution in [0.4, 0.5) is 5.82 Å². The molecule has 0 unspecified atom stereocenters. The lowest BCUT2D eigenvalue weighted by Crippen LogP contribution is -2.10. The summed E-state index contributed by atoms with van der Waals surface area (Å²) in [4.78, 5) is 0. The van der Waals surface area contributed by atoms with Crippen molar-refractivity contribution in [2.24, 2.45) is 0 Å². The van der Waals surface area contributed by atoms with E-state index in [2.05, 4.69) is 5.10 Å². The Morgan fingerprint density at radius 2 is 1.76 bits per heavy atom. The van der Waals surface area contributed by atoms with Gasteiger partial charge in [0.15, 0.2) is 17.3 Å². The van der Waals surface area contributed by atoms with Crippen LogP contribution in [0, 0.1) is 0 Å². The fourth-order valence-electron chi connectivity index (χ4n) is 2.30. The van der Waals surface area contributed by atoms with Crippen LogP contribution in [0.3, 0.4) is 0 Å². The highest BCUT2D eigenvalue weighted by Crippen LogP contribution is 2.26. The molecule has 5 heteroatoms. The molecule has 2 aromatic carbocycles. The van der Waals surface area contributed by atoms with Crippen molar-refractivity contribution in [3.8, 4) is 11.5 Å². The Morgan fingerprint density at radius 1 is 1.05 bits per heavy atom. The van der Waals surface area contributed by atoms with E-state index in [4.69, 9.17) is 15.2 Å². The number of nitrogens with two attached hydrogens (primary N) is 1. The van der Waals surface area contributed by atoms with Crippen LogP contribution in [0.15, 0.2) is 48.5 Å². The van der Waals surface area contributed by atoms with Crippen molar-refractivity contribution in [1.29, 1.82) is 0 Å². The van der Waals surface area contributed by atoms with Gasteiger partial charge >= 0.3 is 0 Å². The number of ether oxygens (including phenoxy) is 2. The normalized spacial score (nSPS) is 10.7. The monoisotopic (exact) mass is 283 g/mol. The van der Waals surface area contributed by atoms with Crippen LogP contribution in [0.5, 0.6) is 11.5 Å². The summed E-state index contributed by atoms with van der Waals surface area (Å²) in [7, 11) is 1.63. The van der Waals surface area contributed by atoms with Crippen LogP contribution in [-0.2, 0) is 6.54 Å². The lowest BCUT2D eigenvalue weighted by atomic mass is 10.2. The van der Waals surface area contributed by atoms with Crippen LogP contribution >= 0.6 is 0 Å². The Hall–Kier alpha value is -2.69. The Labute approximate surface area is 122 Å². The molecular formula is C16H17N3O2. The summed E-state index contributed by atoms with van der Waals surface area (Å²) in [6.07, 6.45) is 0. The maximum Gasteiger partial charge on any atom is 0.161 e. The molecule has 0 saturated heterocycles. The first-order valence-electron chi connectivity index (χ1n) is 6.76. The fraction of sp³-hybridized carbons (Fsp3) is 0.188. The van der Waals surface area contributed by atoms with Gasteiger partial charge in [0.05, 0.1) is 19.2 Å². The molecule has 0 radical (unpaired) electrons. The summed E-state index contributed by atoms with van der Waals surface area (Å²) in [5.41, 5.74) is 6.93. The van der Waals surface area contributed by atoms with Gasteiger partial charge in [0.25, 0.3) is 0 Å². The van der Waals surface area contributed by atoms with E-state index in [-0.39, 0.29) is 0 Å². The number of rotatable bonds is 5. The van der Waals surface area contributed by atoms with Crippen molar-refractivity contribution in [2.75, 3.05) is 19.5 Å². The van der Waals surface area contributed by atoms with Crippen LogP contribution in [0.1, 0.15) is 0 Å². The minimum Gasteiger partial charge on any atom is -0.493 e. The Bertz CT molecular complexity index is 752. The van der Waals surface area contributed by atoms with Crippen LogP contribution in [0.25, 0.3) is 10.9 Å². The van der Waals surface area contributed by atoms with Crippen molar-refractivity contribution in [1.82, 2.24) is 9.78 Å². The number of anilines is 1. The maximum absolute atomic E-state index is 5.91. The second-order valence-corrected chi connectivity index (χ2v) is 4.62. The van der Waals surface area contributed by atoms with Gasteiger partial charge in [0, 0.05) is 5.39 Å². The zero-order valence-corrected chi connectivity index (χ0v) is 11.8. The second kappa shape index (κ2) is 5.75. The summed E-state index contributed by atoms with van der Waals surface area (Å²) in [6.45, 7) is 1.11. The van der Waals surface area contributed by atoms with E-state index in [1.54, 1.807) is 7.11 Å². The highest BCUT2D eigenvalue weighted by Gasteiger charge is 2.07. The van der Waals surface area contributed by atoms with E-state index < -0.39 is 0 Å². The number of para-hydroxylation sites is 3. The Kier molecular flexibility index (Phi) is 3.64. The Morgan fingerprint density at radius 3 is 2.57 bits per heavy atom. The number of benzene rings is 2. The molecule has 3 aromatic rings. The molecule has 1 aromatic heterocycles. The van der Waals surface area contributed by atoms with Gasteiger partial charge in [0.1, 0.15) is 6.61 Å². The van der Waals surface area contributed by atoms with Gasteiger partial charge in [-0.25, -0.2) is 0 Å². The minimum atomic E-state index is 0.492. The number of aromatic nitrogens is 2. The summed E-state index contributed by atoms with van der Waals surface area (Å²) >= 11 is 0. The van der Waals surface area contributed by atoms with Gasteiger partial charge in [-0.15, -0.1) is 0 Å². The molecule has 0 atom stereocenters. The molecule has 0 aliphatic rings. The molecule has 3 rings (SSSR count).